The van der Waals surface area contributed by atoms with Gasteiger partial charge in [0, 0.05) is 31.4 Å². The normalized spacial score (nSPS) is 20.5. The van der Waals surface area contributed by atoms with Gasteiger partial charge >= 0.3 is 0 Å². The third-order valence-electron chi connectivity index (χ3n) is 3.86. The molecule has 0 spiro atoms. The van der Waals surface area contributed by atoms with Crippen LogP contribution < -0.4 is 10.2 Å². The third kappa shape index (κ3) is 2.86. The lowest BCUT2D eigenvalue weighted by Crippen LogP contribution is -2.49. The zero-order valence-electron chi connectivity index (χ0n) is 12.2. The fraction of sp³-hybridized carbons (Fsp3) is 0.625. The molecular formula is C16H26N2. The van der Waals surface area contributed by atoms with Crippen LogP contribution in [0.5, 0.6) is 0 Å². The highest BCUT2D eigenvalue weighted by atomic mass is 15.2. The fourth-order valence-corrected chi connectivity index (χ4v) is 2.83. The molecular weight excluding hydrogens is 220 g/mol. The average molecular weight is 246 g/mol. The molecule has 0 radical (unpaired) electrons. The van der Waals surface area contributed by atoms with Crippen LogP contribution in [-0.2, 0) is 6.42 Å². The average Bonchev–Trinajstić information content (AvgIpc) is 2.37. The molecule has 0 amide bonds. The van der Waals surface area contributed by atoms with Crippen LogP contribution in [0.3, 0.4) is 0 Å². The van der Waals surface area contributed by atoms with Crippen LogP contribution >= 0.6 is 0 Å². The highest BCUT2D eigenvalue weighted by molar-refractivity contribution is 5.52. The smallest absolute Gasteiger partial charge is 0.0370 e. The van der Waals surface area contributed by atoms with Gasteiger partial charge in [0.2, 0.25) is 0 Å². The number of benzene rings is 1. The van der Waals surface area contributed by atoms with Crippen molar-refractivity contribution in [1.82, 2.24) is 5.32 Å². The number of nitrogens with zero attached hydrogens (tertiary/aromatic N) is 1. The standard InChI is InChI=1S/C16H26N2/c1-5-14-10-15(6-7-16(14)12(2)3)18-9-8-17-13(4)11-18/h6-7,10,12-13,17H,5,8-9,11H2,1-4H3/t13-/m0/s1. The van der Waals surface area contributed by atoms with Crippen LogP contribution in [0, 0.1) is 0 Å². The summed E-state index contributed by atoms with van der Waals surface area (Å²) in [5.41, 5.74) is 4.41. The quantitative estimate of drug-likeness (QED) is 0.881. The van der Waals surface area contributed by atoms with E-state index in [1.165, 1.54) is 16.8 Å². The van der Waals surface area contributed by atoms with Gasteiger partial charge in [-0.05, 0) is 42.5 Å². The van der Waals surface area contributed by atoms with Crippen LogP contribution in [0.15, 0.2) is 18.2 Å². The molecule has 1 aromatic carbocycles. The molecule has 1 atom stereocenters. The molecule has 2 heteroatoms. The van der Waals surface area contributed by atoms with E-state index in [0.717, 1.165) is 26.1 Å². The molecule has 0 saturated carbocycles. The largest absolute Gasteiger partial charge is 0.369 e. The minimum absolute atomic E-state index is 0.591. The maximum Gasteiger partial charge on any atom is 0.0370 e. The summed E-state index contributed by atoms with van der Waals surface area (Å²) in [7, 11) is 0. The molecule has 0 bridgehead atoms. The Bertz CT molecular complexity index is 398. The second-order valence-electron chi connectivity index (χ2n) is 5.69. The molecule has 1 aromatic rings. The van der Waals surface area contributed by atoms with Crippen molar-refractivity contribution in [3.8, 4) is 0 Å². The van der Waals surface area contributed by atoms with Crippen molar-refractivity contribution in [2.24, 2.45) is 0 Å². The van der Waals surface area contributed by atoms with Gasteiger partial charge in [-0.2, -0.15) is 0 Å². The predicted molar refractivity (Wildman–Crippen MR) is 79.6 cm³/mol. The van der Waals surface area contributed by atoms with E-state index in [4.69, 9.17) is 0 Å². The molecule has 1 fully saturated rings. The highest BCUT2D eigenvalue weighted by Crippen LogP contribution is 2.26. The maximum absolute atomic E-state index is 3.50. The van der Waals surface area contributed by atoms with Crippen LogP contribution in [0.1, 0.15) is 44.7 Å². The van der Waals surface area contributed by atoms with E-state index < -0.39 is 0 Å². The molecule has 0 aromatic heterocycles. The number of piperazine rings is 1. The SMILES string of the molecule is CCc1cc(N2CCN[C@@H](C)C2)ccc1C(C)C. The predicted octanol–water partition coefficient (Wildman–Crippen LogP) is 3.17. The summed E-state index contributed by atoms with van der Waals surface area (Å²) in [6.07, 6.45) is 1.13. The first-order valence-corrected chi connectivity index (χ1v) is 7.23. The van der Waals surface area contributed by atoms with E-state index in [-0.39, 0.29) is 0 Å². The number of nitrogens with one attached hydrogen (secondary N) is 1. The van der Waals surface area contributed by atoms with Crippen molar-refractivity contribution < 1.29 is 0 Å². The lowest BCUT2D eigenvalue weighted by atomic mass is 9.95. The summed E-state index contributed by atoms with van der Waals surface area (Å²) < 4.78 is 0. The first-order valence-electron chi connectivity index (χ1n) is 7.23. The summed E-state index contributed by atoms with van der Waals surface area (Å²) in [4.78, 5) is 2.50. The number of hydrogen-bond donors (Lipinski definition) is 1. The Morgan fingerprint density at radius 2 is 2.17 bits per heavy atom. The van der Waals surface area contributed by atoms with Gasteiger partial charge < -0.3 is 10.2 Å². The van der Waals surface area contributed by atoms with Gasteiger partial charge in [-0.1, -0.05) is 26.8 Å². The summed E-state index contributed by atoms with van der Waals surface area (Å²) in [5.74, 6) is 0.621. The van der Waals surface area contributed by atoms with Crippen molar-refractivity contribution in [3.63, 3.8) is 0 Å². The Morgan fingerprint density at radius 3 is 2.78 bits per heavy atom. The summed E-state index contributed by atoms with van der Waals surface area (Å²) in [5, 5.41) is 3.50. The van der Waals surface area contributed by atoms with Crippen molar-refractivity contribution in [2.45, 2.75) is 46.1 Å². The first-order chi connectivity index (χ1) is 8.61. The molecule has 2 rings (SSSR count). The van der Waals surface area contributed by atoms with Gasteiger partial charge in [-0.25, -0.2) is 0 Å². The molecule has 1 saturated heterocycles. The van der Waals surface area contributed by atoms with Crippen LogP contribution in [-0.4, -0.2) is 25.7 Å². The molecule has 0 aliphatic carbocycles. The topological polar surface area (TPSA) is 15.3 Å². The van der Waals surface area contributed by atoms with Gasteiger partial charge in [-0.15, -0.1) is 0 Å². The Hall–Kier alpha value is -1.02. The summed E-state index contributed by atoms with van der Waals surface area (Å²) in [6, 6.07) is 7.61. The number of hydrogen-bond acceptors (Lipinski definition) is 2. The molecule has 2 nitrogen and oxygen atoms in total. The van der Waals surface area contributed by atoms with Gasteiger partial charge in [0.15, 0.2) is 0 Å². The Balaban J connectivity index is 2.23. The summed E-state index contributed by atoms with van der Waals surface area (Å²) >= 11 is 0. The minimum Gasteiger partial charge on any atom is -0.369 e. The van der Waals surface area contributed by atoms with Crippen molar-refractivity contribution in [2.75, 3.05) is 24.5 Å². The Labute approximate surface area is 111 Å². The van der Waals surface area contributed by atoms with Crippen molar-refractivity contribution >= 4 is 5.69 Å². The van der Waals surface area contributed by atoms with Gasteiger partial charge in [0.05, 0.1) is 0 Å². The minimum atomic E-state index is 0.591. The van der Waals surface area contributed by atoms with E-state index in [0.29, 0.717) is 12.0 Å². The van der Waals surface area contributed by atoms with Gasteiger partial charge in [-0.3, -0.25) is 0 Å². The van der Waals surface area contributed by atoms with Gasteiger partial charge in [0.1, 0.15) is 0 Å². The number of rotatable bonds is 3. The maximum atomic E-state index is 3.50. The van der Waals surface area contributed by atoms with Gasteiger partial charge in [0.25, 0.3) is 0 Å². The zero-order valence-corrected chi connectivity index (χ0v) is 12.2. The zero-order chi connectivity index (χ0) is 13.1. The second kappa shape index (κ2) is 5.75. The molecule has 0 unspecified atom stereocenters. The van der Waals surface area contributed by atoms with E-state index in [1.807, 2.05) is 0 Å². The lowest BCUT2D eigenvalue weighted by Gasteiger charge is -2.34. The van der Waals surface area contributed by atoms with Crippen molar-refractivity contribution in [1.29, 1.82) is 0 Å². The monoisotopic (exact) mass is 246 g/mol. The number of aryl methyl sites for hydroxylation is 1. The summed E-state index contributed by atoms with van der Waals surface area (Å²) in [6.45, 7) is 12.4. The molecule has 100 valence electrons. The van der Waals surface area contributed by atoms with Crippen LogP contribution in [0.2, 0.25) is 0 Å². The molecule has 1 N–H and O–H groups in total. The van der Waals surface area contributed by atoms with E-state index in [9.17, 15) is 0 Å². The number of anilines is 1. The molecule has 18 heavy (non-hydrogen) atoms. The fourth-order valence-electron chi connectivity index (χ4n) is 2.83. The van der Waals surface area contributed by atoms with Crippen LogP contribution in [0.25, 0.3) is 0 Å². The molecule has 1 heterocycles. The lowest BCUT2D eigenvalue weighted by molar-refractivity contribution is 0.484. The first kappa shape index (κ1) is 13.4. The van der Waals surface area contributed by atoms with E-state index >= 15 is 0 Å². The van der Waals surface area contributed by atoms with Crippen molar-refractivity contribution in [3.05, 3.63) is 29.3 Å². The second-order valence-corrected chi connectivity index (χ2v) is 5.69. The van der Waals surface area contributed by atoms with E-state index in [1.54, 1.807) is 0 Å². The highest BCUT2D eigenvalue weighted by Gasteiger charge is 2.17. The molecule has 1 aliphatic heterocycles. The Morgan fingerprint density at radius 1 is 1.39 bits per heavy atom. The van der Waals surface area contributed by atoms with E-state index in [2.05, 4.69) is 56.1 Å². The van der Waals surface area contributed by atoms with Crippen LogP contribution in [0.4, 0.5) is 5.69 Å². The molecule has 1 aliphatic rings. The Kier molecular flexibility index (Phi) is 4.28. The third-order valence-corrected chi connectivity index (χ3v) is 3.86.